The fourth-order valence-electron chi connectivity index (χ4n) is 3.15. The maximum Gasteiger partial charge on any atom is 0.258 e. The second-order valence-electron chi connectivity index (χ2n) is 7.03. The molecule has 2 aromatic carbocycles. The van der Waals surface area contributed by atoms with Gasteiger partial charge in [-0.3, -0.25) is 9.89 Å². The summed E-state index contributed by atoms with van der Waals surface area (Å²) in [6, 6.07) is 11.4. The fraction of sp³-hybridized carbons (Fsp3) is 0.238. The predicted octanol–water partition coefficient (Wildman–Crippen LogP) is 4.40. The van der Waals surface area contributed by atoms with Crippen molar-refractivity contribution in [1.82, 2.24) is 10.2 Å². The van der Waals surface area contributed by atoms with Crippen molar-refractivity contribution in [3.63, 3.8) is 0 Å². The molecule has 7 heteroatoms. The lowest BCUT2D eigenvalue weighted by atomic mass is 10.0. The van der Waals surface area contributed by atoms with Crippen molar-refractivity contribution in [2.75, 3.05) is 12.1 Å². The Morgan fingerprint density at radius 3 is 2.79 bits per heavy atom. The minimum Gasteiger partial charge on any atom is -0.454 e. The van der Waals surface area contributed by atoms with Gasteiger partial charge in [-0.2, -0.15) is 5.10 Å². The van der Waals surface area contributed by atoms with E-state index < -0.39 is 11.7 Å². The van der Waals surface area contributed by atoms with Crippen molar-refractivity contribution >= 4 is 11.6 Å². The average molecular weight is 381 g/mol. The van der Waals surface area contributed by atoms with Gasteiger partial charge in [0.2, 0.25) is 6.79 Å². The molecule has 1 aliphatic rings. The molecule has 3 aromatic rings. The summed E-state index contributed by atoms with van der Waals surface area (Å²) >= 11 is 0. The van der Waals surface area contributed by atoms with Gasteiger partial charge in [0, 0.05) is 5.56 Å². The van der Waals surface area contributed by atoms with E-state index in [1.54, 1.807) is 18.2 Å². The zero-order valence-corrected chi connectivity index (χ0v) is 15.6. The number of nitrogens with zero attached hydrogens (tertiary/aromatic N) is 1. The first kappa shape index (κ1) is 18.0. The van der Waals surface area contributed by atoms with Crippen LogP contribution >= 0.6 is 0 Å². The topological polar surface area (TPSA) is 76.2 Å². The fourth-order valence-corrected chi connectivity index (χ4v) is 3.15. The highest BCUT2D eigenvalue weighted by atomic mass is 19.1. The van der Waals surface area contributed by atoms with Crippen molar-refractivity contribution in [2.24, 2.45) is 5.92 Å². The lowest BCUT2D eigenvalue weighted by molar-refractivity contribution is 0.102. The molecule has 0 saturated carbocycles. The molecular weight excluding hydrogens is 361 g/mol. The van der Waals surface area contributed by atoms with Crippen LogP contribution in [0.5, 0.6) is 11.5 Å². The molecular formula is C21H20FN3O3. The van der Waals surface area contributed by atoms with E-state index in [4.69, 9.17) is 9.47 Å². The number of rotatable bonds is 5. The minimum absolute atomic E-state index is 0.0177. The third-order valence-corrected chi connectivity index (χ3v) is 4.46. The van der Waals surface area contributed by atoms with Crippen LogP contribution in [0.4, 0.5) is 10.1 Å². The van der Waals surface area contributed by atoms with E-state index in [0.29, 0.717) is 35.2 Å². The van der Waals surface area contributed by atoms with Gasteiger partial charge in [0.15, 0.2) is 11.5 Å². The number of halogens is 1. The Bertz CT molecular complexity index is 1030. The first-order valence-electron chi connectivity index (χ1n) is 9.06. The molecule has 144 valence electrons. The number of anilines is 1. The molecule has 0 bridgehead atoms. The third-order valence-electron chi connectivity index (χ3n) is 4.46. The van der Waals surface area contributed by atoms with Crippen molar-refractivity contribution in [3.05, 3.63) is 59.5 Å². The van der Waals surface area contributed by atoms with Gasteiger partial charge in [0.1, 0.15) is 11.5 Å². The van der Waals surface area contributed by atoms with Gasteiger partial charge < -0.3 is 14.8 Å². The van der Waals surface area contributed by atoms with Crippen LogP contribution in [0.15, 0.2) is 42.5 Å². The highest BCUT2D eigenvalue weighted by Gasteiger charge is 2.22. The molecule has 0 aliphatic carbocycles. The minimum atomic E-state index is -0.571. The maximum atomic E-state index is 14.0. The Morgan fingerprint density at radius 1 is 1.21 bits per heavy atom. The molecule has 0 saturated heterocycles. The second-order valence-corrected chi connectivity index (χ2v) is 7.03. The molecule has 0 fully saturated rings. The zero-order chi connectivity index (χ0) is 19.7. The molecule has 0 unspecified atom stereocenters. The zero-order valence-electron chi connectivity index (χ0n) is 15.6. The Labute approximate surface area is 161 Å². The second kappa shape index (κ2) is 7.34. The summed E-state index contributed by atoms with van der Waals surface area (Å²) in [5, 5.41) is 10.3. The van der Waals surface area contributed by atoms with Gasteiger partial charge in [0.05, 0.1) is 16.9 Å². The van der Waals surface area contributed by atoms with Gasteiger partial charge in [0.25, 0.3) is 5.91 Å². The summed E-state index contributed by atoms with van der Waals surface area (Å²) in [5.74, 6) is 0.537. The van der Waals surface area contributed by atoms with Gasteiger partial charge in [-0.05, 0) is 42.7 Å². The molecule has 4 rings (SSSR count). The summed E-state index contributed by atoms with van der Waals surface area (Å²) < 4.78 is 24.8. The molecule has 0 atom stereocenters. The average Bonchev–Trinajstić information content (AvgIpc) is 3.28. The number of H-pyrrole nitrogens is 1. The molecule has 1 amide bonds. The lowest BCUT2D eigenvalue weighted by Crippen LogP contribution is -2.15. The highest BCUT2D eigenvalue weighted by molar-refractivity contribution is 6.06. The summed E-state index contributed by atoms with van der Waals surface area (Å²) in [5.41, 5.74) is 2.64. The Balaban J connectivity index is 1.73. The first-order chi connectivity index (χ1) is 13.5. The van der Waals surface area contributed by atoms with E-state index in [2.05, 4.69) is 29.4 Å². The summed E-state index contributed by atoms with van der Waals surface area (Å²) in [7, 11) is 0. The number of hydrogen-bond donors (Lipinski definition) is 2. The third kappa shape index (κ3) is 3.43. The van der Waals surface area contributed by atoms with Crippen LogP contribution < -0.4 is 14.8 Å². The van der Waals surface area contributed by atoms with Gasteiger partial charge in [-0.25, -0.2) is 4.39 Å². The van der Waals surface area contributed by atoms with Crippen molar-refractivity contribution in [2.45, 2.75) is 20.3 Å². The Kier molecular flexibility index (Phi) is 4.73. The van der Waals surface area contributed by atoms with Gasteiger partial charge in [-0.15, -0.1) is 0 Å². The number of benzene rings is 2. The van der Waals surface area contributed by atoms with Crippen LogP contribution in [0.3, 0.4) is 0 Å². The van der Waals surface area contributed by atoms with Gasteiger partial charge in [-0.1, -0.05) is 26.0 Å². The van der Waals surface area contributed by atoms with Crippen LogP contribution in [0, 0.1) is 11.7 Å². The summed E-state index contributed by atoms with van der Waals surface area (Å²) in [6.45, 7) is 4.32. The smallest absolute Gasteiger partial charge is 0.258 e. The number of aromatic amines is 1. The van der Waals surface area contributed by atoms with Crippen LogP contribution in [-0.2, 0) is 6.42 Å². The van der Waals surface area contributed by atoms with Crippen molar-refractivity contribution < 1.29 is 18.7 Å². The van der Waals surface area contributed by atoms with E-state index in [1.807, 2.05) is 12.1 Å². The number of carbonyl (C=O) groups is 1. The van der Waals surface area contributed by atoms with E-state index in [-0.39, 0.29) is 12.4 Å². The van der Waals surface area contributed by atoms with Crippen LogP contribution in [0.1, 0.15) is 29.9 Å². The first-order valence-corrected chi connectivity index (χ1v) is 9.06. The molecule has 2 N–H and O–H groups in total. The normalized spacial score (nSPS) is 12.4. The Hall–Kier alpha value is -3.35. The van der Waals surface area contributed by atoms with Crippen molar-refractivity contribution in [1.29, 1.82) is 0 Å². The number of aromatic nitrogens is 2. The molecule has 2 heterocycles. The quantitative estimate of drug-likeness (QED) is 0.687. The Morgan fingerprint density at radius 2 is 2.00 bits per heavy atom. The predicted molar refractivity (Wildman–Crippen MR) is 103 cm³/mol. The molecule has 6 nitrogen and oxygen atoms in total. The highest BCUT2D eigenvalue weighted by Crippen LogP contribution is 2.38. The number of carbonyl (C=O) groups excluding carboxylic acids is 1. The summed E-state index contributed by atoms with van der Waals surface area (Å²) in [6.07, 6.45) is 0.685. The molecule has 28 heavy (non-hydrogen) atoms. The number of nitrogens with one attached hydrogen (secondary N) is 2. The van der Waals surface area contributed by atoms with E-state index in [1.165, 1.54) is 12.1 Å². The molecule has 1 aliphatic heterocycles. The van der Waals surface area contributed by atoms with Gasteiger partial charge >= 0.3 is 0 Å². The monoisotopic (exact) mass is 381 g/mol. The van der Waals surface area contributed by atoms with Crippen LogP contribution in [-0.4, -0.2) is 22.9 Å². The van der Waals surface area contributed by atoms with E-state index >= 15 is 0 Å². The number of amides is 1. The lowest BCUT2D eigenvalue weighted by Gasteiger charge is -2.11. The number of fused-ring (bicyclic) bond motifs is 1. The molecule has 1 aromatic heterocycles. The van der Waals surface area contributed by atoms with Crippen molar-refractivity contribution in [3.8, 4) is 22.8 Å². The van der Waals surface area contributed by atoms with Crippen LogP contribution in [0.2, 0.25) is 0 Å². The SMILES string of the molecule is CC(C)Cc1[nH]nc(-c2ccc3c(c2)OCO3)c1NC(=O)c1ccccc1F. The number of ether oxygens (including phenoxy) is 2. The standard InChI is InChI=1S/C21H20FN3O3/c1-12(2)9-16-20(23-21(26)14-5-3-4-6-15(14)22)19(25-24-16)13-7-8-17-18(10-13)28-11-27-17/h3-8,10,12H,9,11H2,1-2H3,(H,23,26)(H,24,25). The van der Waals surface area contributed by atoms with Crippen LogP contribution in [0.25, 0.3) is 11.3 Å². The molecule has 0 spiro atoms. The van der Waals surface area contributed by atoms with E-state index in [0.717, 1.165) is 11.3 Å². The van der Waals surface area contributed by atoms with E-state index in [9.17, 15) is 9.18 Å². The molecule has 0 radical (unpaired) electrons. The largest absolute Gasteiger partial charge is 0.454 e. The number of hydrogen-bond acceptors (Lipinski definition) is 4. The maximum absolute atomic E-state index is 14.0. The summed E-state index contributed by atoms with van der Waals surface area (Å²) in [4.78, 5) is 12.7.